The van der Waals surface area contributed by atoms with Gasteiger partial charge < -0.3 is 19.7 Å². The molecule has 0 bridgehead atoms. The molecule has 1 aromatic rings. The lowest BCUT2D eigenvalue weighted by atomic mass is 10.1. The second-order valence-corrected chi connectivity index (χ2v) is 4.64. The van der Waals surface area contributed by atoms with Crippen LogP contribution in [0.1, 0.15) is 23.2 Å². The Bertz CT molecular complexity index is 546. The first-order chi connectivity index (χ1) is 9.56. The maximum Gasteiger partial charge on any atom is 0.329 e. The molecule has 0 saturated carbocycles. The summed E-state index contributed by atoms with van der Waals surface area (Å²) < 4.78 is 5.20. The van der Waals surface area contributed by atoms with E-state index < -0.39 is 5.97 Å². The van der Waals surface area contributed by atoms with Crippen LogP contribution in [0.4, 0.5) is 0 Å². The van der Waals surface area contributed by atoms with E-state index in [0.717, 1.165) is 0 Å². The molecule has 2 heterocycles. The van der Waals surface area contributed by atoms with E-state index in [9.17, 15) is 14.4 Å². The summed E-state index contributed by atoms with van der Waals surface area (Å²) >= 11 is 0. The van der Waals surface area contributed by atoms with Gasteiger partial charge in [-0.1, -0.05) is 0 Å². The van der Waals surface area contributed by atoms with E-state index in [1.807, 2.05) is 0 Å². The summed E-state index contributed by atoms with van der Waals surface area (Å²) in [6, 6.07) is 2.84. The molecule has 2 rings (SSSR count). The molecular formula is C13H16N2O5. The number of aromatic nitrogens is 1. The second kappa shape index (κ2) is 6.33. The molecule has 1 saturated heterocycles. The van der Waals surface area contributed by atoms with Crippen molar-refractivity contribution in [3.63, 3.8) is 0 Å². The lowest BCUT2D eigenvalue weighted by Crippen LogP contribution is -2.41. The zero-order chi connectivity index (χ0) is 14.5. The topological polar surface area (TPSA) is 99.7 Å². The number of nitrogens with one attached hydrogen (secondary N) is 1. The van der Waals surface area contributed by atoms with Crippen LogP contribution >= 0.6 is 0 Å². The fourth-order valence-electron chi connectivity index (χ4n) is 2.17. The molecule has 108 valence electrons. The Morgan fingerprint density at radius 1 is 1.40 bits per heavy atom. The number of nitrogens with zero attached hydrogens (tertiary/aromatic N) is 1. The van der Waals surface area contributed by atoms with Gasteiger partial charge in [-0.3, -0.25) is 9.59 Å². The first-order valence-corrected chi connectivity index (χ1v) is 6.37. The van der Waals surface area contributed by atoms with Crippen LogP contribution in [-0.2, 0) is 9.53 Å². The molecule has 7 nitrogen and oxygen atoms in total. The monoisotopic (exact) mass is 280 g/mol. The van der Waals surface area contributed by atoms with Crippen molar-refractivity contribution in [2.24, 2.45) is 0 Å². The third-order valence-corrected chi connectivity index (χ3v) is 3.19. The number of likely N-dealkylation sites (tertiary alicyclic amines) is 1. The molecule has 7 heteroatoms. The SMILES string of the molecule is O=C(O)COC1CCN(C(=O)c2cc[nH]c(=O)c2)CC1. The van der Waals surface area contributed by atoms with Crippen molar-refractivity contribution in [2.75, 3.05) is 19.7 Å². The average Bonchev–Trinajstić information content (AvgIpc) is 2.45. The summed E-state index contributed by atoms with van der Waals surface area (Å²) in [5.41, 5.74) is 0.0502. The van der Waals surface area contributed by atoms with Gasteiger partial charge in [0.15, 0.2) is 0 Å². The van der Waals surface area contributed by atoms with E-state index in [1.165, 1.54) is 12.3 Å². The number of hydrogen-bond donors (Lipinski definition) is 2. The average molecular weight is 280 g/mol. The van der Waals surface area contributed by atoms with Gasteiger partial charge in [0.05, 0.1) is 6.10 Å². The molecule has 0 spiro atoms. The van der Waals surface area contributed by atoms with Gasteiger partial charge in [-0.25, -0.2) is 4.79 Å². The Hall–Kier alpha value is -2.15. The number of pyridine rings is 1. The number of carboxylic acid groups (broad SMARTS) is 1. The largest absolute Gasteiger partial charge is 0.480 e. The predicted molar refractivity (Wildman–Crippen MR) is 69.6 cm³/mol. The highest BCUT2D eigenvalue weighted by Crippen LogP contribution is 2.15. The number of aromatic amines is 1. The summed E-state index contributed by atoms with van der Waals surface area (Å²) in [5.74, 6) is -1.18. The standard InChI is InChI=1S/C13H16N2O5/c16-11-7-9(1-4-14-11)13(19)15-5-2-10(3-6-15)20-8-12(17)18/h1,4,7,10H,2-3,5-6,8H2,(H,14,16)(H,17,18). The summed E-state index contributed by atoms with van der Waals surface area (Å²) in [6.07, 6.45) is 2.51. The number of H-pyrrole nitrogens is 1. The Labute approximate surface area is 115 Å². The van der Waals surface area contributed by atoms with E-state index in [-0.39, 0.29) is 24.2 Å². The van der Waals surface area contributed by atoms with Crippen LogP contribution in [0.25, 0.3) is 0 Å². The van der Waals surface area contributed by atoms with Gasteiger partial charge in [0.25, 0.3) is 5.91 Å². The Morgan fingerprint density at radius 3 is 2.70 bits per heavy atom. The third-order valence-electron chi connectivity index (χ3n) is 3.19. The minimum absolute atomic E-state index is 0.130. The summed E-state index contributed by atoms with van der Waals surface area (Å²) in [5, 5.41) is 8.54. The number of carboxylic acids is 1. The predicted octanol–water partition coefficient (Wildman–Crippen LogP) is 0.0807. The van der Waals surface area contributed by atoms with E-state index in [1.54, 1.807) is 11.0 Å². The molecule has 1 aromatic heterocycles. The van der Waals surface area contributed by atoms with Crippen LogP contribution in [0, 0.1) is 0 Å². The highest BCUT2D eigenvalue weighted by Gasteiger charge is 2.24. The number of hydrogen-bond acceptors (Lipinski definition) is 4. The summed E-state index contributed by atoms with van der Waals surface area (Å²) in [4.78, 5) is 37.9. The van der Waals surface area contributed by atoms with Crippen LogP contribution in [0.15, 0.2) is 23.1 Å². The van der Waals surface area contributed by atoms with Crippen LogP contribution in [0.2, 0.25) is 0 Å². The van der Waals surface area contributed by atoms with Crippen LogP contribution < -0.4 is 5.56 Å². The Morgan fingerprint density at radius 2 is 2.10 bits per heavy atom. The molecule has 0 aromatic carbocycles. The molecule has 1 amide bonds. The lowest BCUT2D eigenvalue weighted by Gasteiger charge is -2.31. The molecular weight excluding hydrogens is 264 g/mol. The summed E-state index contributed by atoms with van der Waals surface area (Å²) in [7, 11) is 0. The van der Waals surface area contributed by atoms with Gasteiger partial charge in [0.1, 0.15) is 6.61 Å². The number of carbonyl (C=O) groups is 2. The molecule has 0 aliphatic carbocycles. The highest BCUT2D eigenvalue weighted by molar-refractivity contribution is 5.94. The first kappa shape index (κ1) is 14.3. The number of carbonyl (C=O) groups excluding carboxylic acids is 1. The highest BCUT2D eigenvalue weighted by atomic mass is 16.5. The molecule has 0 radical (unpaired) electrons. The van der Waals surface area contributed by atoms with Gasteiger partial charge in [0, 0.05) is 30.9 Å². The smallest absolute Gasteiger partial charge is 0.329 e. The van der Waals surface area contributed by atoms with Crippen molar-refractivity contribution in [1.82, 2.24) is 9.88 Å². The lowest BCUT2D eigenvalue weighted by molar-refractivity contribution is -0.145. The van der Waals surface area contributed by atoms with Crippen LogP contribution in [0.5, 0.6) is 0 Å². The van der Waals surface area contributed by atoms with Crippen molar-refractivity contribution >= 4 is 11.9 Å². The van der Waals surface area contributed by atoms with Crippen molar-refractivity contribution in [3.05, 3.63) is 34.2 Å². The first-order valence-electron chi connectivity index (χ1n) is 6.37. The number of aliphatic carboxylic acids is 1. The number of rotatable bonds is 4. The zero-order valence-electron chi connectivity index (χ0n) is 10.9. The van der Waals surface area contributed by atoms with Crippen LogP contribution in [0.3, 0.4) is 0 Å². The van der Waals surface area contributed by atoms with Gasteiger partial charge in [-0.2, -0.15) is 0 Å². The summed E-state index contributed by atoms with van der Waals surface area (Å²) in [6.45, 7) is 0.679. The minimum atomic E-state index is -0.994. The number of amides is 1. The van der Waals surface area contributed by atoms with Gasteiger partial charge in [-0.05, 0) is 18.9 Å². The van der Waals surface area contributed by atoms with Gasteiger partial charge in [-0.15, -0.1) is 0 Å². The molecule has 20 heavy (non-hydrogen) atoms. The Kier molecular flexibility index (Phi) is 4.52. The van der Waals surface area contributed by atoms with E-state index in [0.29, 0.717) is 31.5 Å². The van der Waals surface area contributed by atoms with Crippen molar-refractivity contribution in [3.8, 4) is 0 Å². The third kappa shape index (κ3) is 3.67. The van der Waals surface area contributed by atoms with E-state index >= 15 is 0 Å². The van der Waals surface area contributed by atoms with Crippen molar-refractivity contribution in [1.29, 1.82) is 0 Å². The zero-order valence-corrected chi connectivity index (χ0v) is 10.9. The second-order valence-electron chi connectivity index (χ2n) is 4.64. The maximum absolute atomic E-state index is 12.2. The number of piperidine rings is 1. The molecule has 0 unspecified atom stereocenters. The molecule has 0 atom stereocenters. The maximum atomic E-state index is 12.2. The fraction of sp³-hybridized carbons (Fsp3) is 0.462. The molecule has 1 fully saturated rings. The van der Waals surface area contributed by atoms with E-state index in [2.05, 4.69) is 4.98 Å². The van der Waals surface area contributed by atoms with E-state index in [4.69, 9.17) is 9.84 Å². The molecule has 1 aliphatic rings. The normalized spacial score (nSPS) is 16.1. The van der Waals surface area contributed by atoms with Gasteiger partial charge in [0.2, 0.25) is 5.56 Å². The van der Waals surface area contributed by atoms with Crippen molar-refractivity contribution < 1.29 is 19.4 Å². The Balaban J connectivity index is 1.89. The van der Waals surface area contributed by atoms with Crippen molar-refractivity contribution in [2.45, 2.75) is 18.9 Å². The quantitative estimate of drug-likeness (QED) is 0.813. The molecule has 1 aliphatic heterocycles. The number of ether oxygens (including phenoxy) is 1. The molecule has 2 N–H and O–H groups in total. The van der Waals surface area contributed by atoms with Gasteiger partial charge >= 0.3 is 5.97 Å². The fourth-order valence-corrected chi connectivity index (χ4v) is 2.17. The van der Waals surface area contributed by atoms with Crippen LogP contribution in [-0.4, -0.2) is 52.7 Å². The minimum Gasteiger partial charge on any atom is -0.480 e.